The van der Waals surface area contributed by atoms with Crippen LogP contribution in [0.5, 0.6) is 0 Å². The molecule has 0 radical (unpaired) electrons. The number of benzene rings is 1. The molecule has 0 aliphatic carbocycles. The Labute approximate surface area is 156 Å². The average molecular weight is 373 g/mol. The lowest BCUT2D eigenvalue weighted by molar-refractivity contribution is -0.147. The molecule has 1 aromatic heterocycles. The van der Waals surface area contributed by atoms with Crippen molar-refractivity contribution in [3.05, 3.63) is 30.2 Å². The average Bonchev–Trinajstić information content (AvgIpc) is 3.09. The molecule has 1 unspecified atom stereocenters. The molecule has 0 bridgehead atoms. The van der Waals surface area contributed by atoms with Crippen LogP contribution < -0.4 is 0 Å². The SMILES string of the molecule is CN(CC(=O)N1CCCC(C(=O)O)C1)C(=O)CCc1nc2ccccc2o1. The molecular formula is C19H23N3O5. The molecule has 0 saturated carbocycles. The van der Waals surface area contributed by atoms with Crippen LogP contribution >= 0.6 is 0 Å². The minimum absolute atomic E-state index is 0.0568. The number of nitrogens with zero attached hydrogens (tertiary/aromatic N) is 3. The van der Waals surface area contributed by atoms with Crippen molar-refractivity contribution in [1.29, 1.82) is 0 Å². The molecule has 8 heteroatoms. The van der Waals surface area contributed by atoms with Crippen LogP contribution in [0, 0.1) is 5.92 Å². The van der Waals surface area contributed by atoms with Crippen molar-refractivity contribution < 1.29 is 23.9 Å². The van der Waals surface area contributed by atoms with E-state index in [0.29, 0.717) is 37.3 Å². The molecular weight excluding hydrogens is 350 g/mol. The lowest BCUT2D eigenvalue weighted by atomic mass is 9.98. The molecule has 0 spiro atoms. The molecule has 8 nitrogen and oxygen atoms in total. The highest BCUT2D eigenvalue weighted by Crippen LogP contribution is 2.18. The Morgan fingerprint density at radius 1 is 1.33 bits per heavy atom. The van der Waals surface area contributed by atoms with Gasteiger partial charge in [0, 0.05) is 33.0 Å². The van der Waals surface area contributed by atoms with Crippen LogP contribution in [0.2, 0.25) is 0 Å². The predicted octanol–water partition coefficient (Wildman–Crippen LogP) is 1.54. The number of likely N-dealkylation sites (N-methyl/N-ethyl adjacent to an activating group) is 1. The molecule has 1 atom stereocenters. The zero-order valence-electron chi connectivity index (χ0n) is 15.3. The first-order valence-electron chi connectivity index (χ1n) is 9.03. The van der Waals surface area contributed by atoms with E-state index in [1.54, 1.807) is 7.05 Å². The first-order valence-corrected chi connectivity index (χ1v) is 9.03. The zero-order chi connectivity index (χ0) is 19.4. The third-order valence-corrected chi connectivity index (χ3v) is 4.81. The van der Waals surface area contributed by atoms with Gasteiger partial charge >= 0.3 is 5.97 Å². The molecule has 1 saturated heterocycles. The van der Waals surface area contributed by atoms with Gasteiger partial charge in [-0.15, -0.1) is 0 Å². The monoisotopic (exact) mass is 373 g/mol. The van der Waals surface area contributed by atoms with E-state index >= 15 is 0 Å². The summed E-state index contributed by atoms with van der Waals surface area (Å²) in [7, 11) is 1.57. The van der Waals surface area contributed by atoms with Crippen LogP contribution in [0.3, 0.4) is 0 Å². The number of piperidine rings is 1. The first kappa shape index (κ1) is 18.9. The quantitative estimate of drug-likeness (QED) is 0.824. The highest BCUT2D eigenvalue weighted by atomic mass is 16.4. The Kier molecular flexibility index (Phi) is 5.73. The fourth-order valence-corrected chi connectivity index (χ4v) is 3.23. The normalized spacial score (nSPS) is 17.1. The number of oxazole rings is 1. The summed E-state index contributed by atoms with van der Waals surface area (Å²) >= 11 is 0. The van der Waals surface area contributed by atoms with Crippen molar-refractivity contribution in [2.45, 2.75) is 25.7 Å². The van der Waals surface area contributed by atoms with E-state index in [0.717, 1.165) is 5.52 Å². The van der Waals surface area contributed by atoms with Gasteiger partial charge in [-0.3, -0.25) is 14.4 Å². The molecule has 27 heavy (non-hydrogen) atoms. The van der Waals surface area contributed by atoms with Gasteiger partial charge in [-0.05, 0) is 25.0 Å². The number of carboxylic acid groups (broad SMARTS) is 1. The standard InChI is InChI=1S/C19H23N3O5/c1-21(12-18(24)22-10-4-5-13(11-22)19(25)26)17(23)9-8-16-20-14-6-2-3-7-15(14)27-16/h2-3,6-7,13H,4-5,8-12H2,1H3,(H,25,26). The second-order valence-electron chi connectivity index (χ2n) is 6.84. The number of amides is 2. The smallest absolute Gasteiger partial charge is 0.308 e. The third kappa shape index (κ3) is 4.64. The summed E-state index contributed by atoms with van der Waals surface area (Å²) in [4.78, 5) is 43.1. The number of aryl methyl sites for hydroxylation is 1. The second kappa shape index (κ2) is 8.20. The van der Waals surface area contributed by atoms with Crippen LogP contribution in [-0.2, 0) is 20.8 Å². The molecule has 144 valence electrons. The number of likely N-dealkylation sites (tertiary alicyclic amines) is 1. The maximum absolute atomic E-state index is 12.4. The summed E-state index contributed by atoms with van der Waals surface area (Å²) in [5, 5.41) is 9.12. The Morgan fingerprint density at radius 3 is 2.85 bits per heavy atom. The number of carbonyl (C=O) groups is 3. The lowest BCUT2D eigenvalue weighted by Crippen LogP contribution is -2.46. The number of aliphatic carboxylic acids is 1. The van der Waals surface area contributed by atoms with Crippen molar-refractivity contribution in [2.75, 3.05) is 26.7 Å². The summed E-state index contributed by atoms with van der Waals surface area (Å²) in [6.45, 7) is 0.686. The van der Waals surface area contributed by atoms with Crippen LogP contribution in [0.25, 0.3) is 11.1 Å². The molecule has 3 rings (SSSR count). The molecule has 2 amide bonds. The summed E-state index contributed by atoms with van der Waals surface area (Å²) in [5.41, 5.74) is 1.43. The van der Waals surface area contributed by atoms with Crippen LogP contribution in [0.15, 0.2) is 28.7 Å². The minimum atomic E-state index is -0.879. The van der Waals surface area contributed by atoms with Crippen LogP contribution in [-0.4, -0.2) is 64.4 Å². The second-order valence-corrected chi connectivity index (χ2v) is 6.84. The van der Waals surface area contributed by atoms with Crippen molar-refractivity contribution in [3.63, 3.8) is 0 Å². The van der Waals surface area contributed by atoms with E-state index in [2.05, 4.69) is 4.98 Å². The number of hydrogen-bond donors (Lipinski definition) is 1. The van der Waals surface area contributed by atoms with Crippen molar-refractivity contribution >= 4 is 28.9 Å². The molecule has 1 N–H and O–H groups in total. The molecule has 1 aliphatic heterocycles. The summed E-state index contributed by atoms with van der Waals surface area (Å²) in [6.07, 6.45) is 1.79. The maximum atomic E-state index is 12.4. The zero-order valence-corrected chi connectivity index (χ0v) is 15.3. The Balaban J connectivity index is 1.49. The largest absolute Gasteiger partial charge is 0.481 e. The van der Waals surface area contributed by atoms with Crippen LogP contribution in [0.4, 0.5) is 0 Å². The van der Waals surface area contributed by atoms with Crippen LogP contribution in [0.1, 0.15) is 25.2 Å². The number of para-hydroxylation sites is 2. The van der Waals surface area contributed by atoms with Gasteiger partial charge in [-0.2, -0.15) is 0 Å². The van der Waals surface area contributed by atoms with Gasteiger partial charge in [0.2, 0.25) is 11.8 Å². The van der Waals surface area contributed by atoms with Gasteiger partial charge in [0.05, 0.1) is 12.5 Å². The van der Waals surface area contributed by atoms with Gasteiger partial charge in [0.1, 0.15) is 5.52 Å². The number of hydrogen-bond acceptors (Lipinski definition) is 5. The Bertz CT molecular complexity index is 814. The van der Waals surface area contributed by atoms with E-state index < -0.39 is 11.9 Å². The Hall–Kier alpha value is -2.90. The van der Waals surface area contributed by atoms with Gasteiger partial charge < -0.3 is 19.3 Å². The lowest BCUT2D eigenvalue weighted by Gasteiger charge is -2.32. The van der Waals surface area contributed by atoms with E-state index in [1.165, 1.54) is 9.80 Å². The van der Waals surface area contributed by atoms with E-state index in [1.807, 2.05) is 24.3 Å². The summed E-state index contributed by atoms with van der Waals surface area (Å²) in [6, 6.07) is 7.39. The predicted molar refractivity (Wildman–Crippen MR) is 96.9 cm³/mol. The third-order valence-electron chi connectivity index (χ3n) is 4.81. The number of fused-ring (bicyclic) bond motifs is 1. The van der Waals surface area contributed by atoms with Crippen molar-refractivity contribution in [2.24, 2.45) is 5.92 Å². The maximum Gasteiger partial charge on any atom is 0.308 e. The number of rotatable bonds is 6. The highest BCUT2D eigenvalue weighted by molar-refractivity contribution is 5.85. The van der Waals surface area contributed by atoms with E-state index in [-0.39, 0.29) is 31.3 Å². The minimum Gasteiger partial charge on any atom is -0.481 e. The van der Waals surface area contributed by atoms with Crippen molar-refractivity contribution in [3.8, 4) is 0 Å². The number of carboxylic acids is 1. The van der Waals surface area contributed by atoms with E-state index in [4.69, 9.17) is 9.52 Å². The number of aromatic nitrogens is 1. The Morgan fingerprint density at radius 2 is 2.11 bits per heavy atom. The highest BCUT2D eigenvalue weighted by Gasteiger charge is 2.29. The topological polar surface area (TPSA) is 104 Å². The molecule has 2 heterocycles. The molecule has 1 aromatic carbocycles. The van der Waals surface area contributed by atoms with Gasteiger partial charge in [-0.25, -0.2) is 4.98 Å². The number of carbonyl (C=O) groups excluding carboxylic acids is 2. The van der Waals surface area contributed by atoms with Gasteiger partial charge in [0.15, 0.2) is 11.5 Å². The summed E-state index contributed by atoms with van der Waals surface area (Å²) in [5.74, 6) is -1.32. The van der Waals surface area contributed by atoms with Crippen molar-refractivity contribution in [1.82, 2.24) is 14.8 Å². The molecule has 1 aliphatic rings. The van der Waals surface area contributed by atoms with E-state index in [9.17, 15) is 14.4 Å². The summed E-state index contributed by atoms with van der Waals surface area (Å²) < 4.78 is 5.60. The fraction of sp³-hybridized carbons (Fsp3) is 0.474. The molecule has 2 aromatic rings. The van der Waals surface area contributed by atoms with Gasteiger partial charge in [0.25, 0.3) is 0 Å². The fourth-order valence-electron chi connectivity index (χ4n) is 3.23. The van der Waals surface area contributed by atoms with Gasteiger partial charge in [-0.1, -0.05) is 12.1 Å². The first-order chi connectivity index (χ1) is 12.9. The molecule has 1 fully saturated rings.